The molecule has 2 aromatic rings. The van der Waals surface area contributed by atoms with Crippen LogP contribution in [0.1, 0.15) is 85.0 Å². The Kier molecular flexibility index (Phi) is 6.96. The number of carbonyl (C=O) groups excluding carboxylic acids is 1. The monoisotopic (exact) mass is 428 g/mol. The molecule has 1 N–H and O–H groups in total. The van der Waals surface area contributed by atoms with E-state index >= 15 is 0 Å². The van der Waals surface area contributed by atoms with Crippen molar-refractivity contribution >= 4 is 5.91 Å². The number of piperidine rings is 1. The van der Waals surface area contributed by atoms with Crippen LogP contribution < -0.4 is 5.32 Å². The van der Waals surface area contributed by atoms with Crippen LogP contribution in [0.25, 0.3) is 0 Å². The Morgan fingerprint density at radius 2 is 1.90 bits per heavy atom. The van der Waals surface area contributed by atoms with Gasteiger partial charge in [0.25, 0.3) is 0 Å². The van der Waals surface area contributed by atoms with Gasteiger partial charge in [0.1, 0.15) is 0 Å². The third-order valence-electron chi connectivity index (χ3n) is 6.62. The number of nitrogens with one attached hydrogen (secondary N) is 1. The maximum absolute atomic E-state index is 12.9. The highest BCUT2D eigenvalue weighted by Gasteiger charge is 2.40. The van der Waals surface area contributed by atoms with E-state index in [0.29, 0.717) is 25.3 Å². The molecule has 3 heterocycles. The van der Waals surface area contributed by atoms with Gasteiger partial charge in [0.05, 0.1) is 12.5 Å². The minimum absolute atomic E-state index is 0.00724. The number of hydrogen-bond acceptors (Lipinski definition) is 4. The van der Waals surface area contributed by atoms with Crippen LogP contribution in [0.4, 0.5) is 0 Å². The van der Waals surface area contributed by atoms with Gasteiger partial charge in [-0.15, -0.1) is 0 Å². The van der Waals surface area contributed by atoms with Crippen molar-refractivity contribution in [2.24, 2.45) is 0 Å². The first-order valence-corrected chi connectivity index (χ1v) is 11.4. The van der Waals surface area contributed by atoms with E-state index in [1.807, 2.05) is 63.0 Å². The zero-order valence-electron chi connectivity index (χ0n) is 19.8. The van der Waals surface area contributed by atoms with Crippen molar-refractivity contribution in [1.29, 1.82) is 0 Å². The molecular formula is C24H38N5O2-. The third kappa shape index (κ3) is 5.39. The molecule has 0 aromatic carbocycles. The summed E-state index contributed by atoms with van der Waals surface area (Å²) in [4.78, 5) is 12.9. The highest BCUT2D eigenvalue weighted by Crippen LogP contribution is 2.37. The molecule has 0 radical (unpaired) electrons. The minimum atomic E-state index is -0.490. The maximum atomic E-state index is 12.9. The summed E-state index contributed by atoms with van der Waals surface area (Å²) in [5, 5.41) is 21.4. The molecule has 1 fully saturated rings. The van der Waals surface area contributed by atoms with Gasteiger partial charge in [-0.2, -0.15) is 5.10 Å². The first-order chi connectivity index (χ1) is 14.5. The molecule has 1 aliphatic heterocycles. The molecule has 1 saturated heterocycles. The third-order valence-corrected chi connectivity index (χ3v) is 6.62. The van der Waals surface area contributed by atoms with Gasteiger partial charge in [0.15, 0.2) is 0 Å². The van der Waals surface area contributed by atoms with Gasteiger partial charge in [-0.3, -0.25) is 9.48 Å². The molecule has 2 atom stereocenters. The number of rotatable bonds is 8. The van der Waals surface area contributed by atoms with Crippen molar-refractivity contribution in [2.45, 2.75) is 103 Å². The number of aromatic nitrogens is 3. The van der Waals surface area contributed by atoms with Crippen LogP contribution in [-0.4, -0.2) is 42.4 Å². The van der Waals surface area contributed by atoms with E-state index < -0.39 is 11.1 Å². The zero-order chi connectivity index (χ0) is 22.8. The van der Waals surface area contributed by atoms with Crippen molar-refractivity contribution in [3.8, 4) is 0 Å². The first kappa shape index (κ1) is 23.5. The van der Waals surface area contributed by atoms with Gasteiger partial charge in [-0.05, 0) is 78.5 Å². The highest BCUT2D eigenvalue weighted by molar-refractivity contribution is 5.78. The van der Waals surface area contributed by atoms with Gasteiger partial charge in [-0.1, -0.05) is 6.92 Å². The molecule has 0 bridgehead atoms. The van der Waals surface area contributed by atoms with Gasteiger partial charge < -0.3 is 20.2 Å². The van der Waals surface area contributed by atoms with E-state index in [0.717, 1.165) is 18.5 Å². The molecular weight excluding hydrogens is 390 g/mol. The summed E-state index contributed by atoms with van der Waals surface area (Å²) in [6.07, 6.45) is 9.51. The average Bonchev–Trinajstić information content (AvgIpc) is 3.35. The van der Waals surface area contributed by atoms with E-state index in [1.165, 1.54) is 5.06 Å². The fraction of sp³-hybridized carbons (Fsp3) is 0.667. The van der Waals surface area contributed by atoms with E-state index in [9.17, 15) is 10.0 Å². The number of hydrogen-bond donors (Lipinski definition) is 1. The second-order valence-electron chi connectivity index (χ2n) is 10.3. The molecule has 2 unspecified atom stereocenters. The zero-order valence-corrected chi connectivity index (χ0v) is 19.8. The SMILES string of the molecule is CCC(CC(C)n1cccc1CC(=O)NC1CC(C)(C)N([O-])C(C)(C)C1)n1cccn1. The predicted octanol–water partition coefficient (Wildman–Crippen LogP) is 4.47. The quantitative estimate of drug-likeness (QED) is 0.673. The lowest BCUT2D eigenvalue weighted by Crippen LogP contribution is -2.62. The Bertz CT molecular complexity index is 837. The van der Waals surface area contributed by atoms with E-state index in [-0.39, 0.29) is 18.0 Å². The molecule has 0 aliphatic carbocycles. The topological polar surface area (TPSA) is 78.1 Å². The lowest BCUT2D eigenvalue weighted by atomic mass is 9.79. The fourth-order valence-corrected chi connectivity index (χ4v) is 5.28. The number of amides is 1. The van der Waals surface area contributed by atoms with Gasteiger partial charge in [0, 0.05) is 47.4 Å². The summed E-state index contributed by atoms with van der Waals surface area (Å²) in [5.74, 6) is 0.0159. The number of carbonyl (C=O) groups is 1. The molecule has 1 aliphatic rings. The summed E-state index contributed by atoms with van der Waals surface area (Å²) in [5.41, 5.74) is 0.0340. The maximum Gasteiger partial charge on any atom is 0.226 e. The average molecular weight is 429 g/mol. The Hall–Kier alpha value is -2.12. The van der Waals surface area contributed by atoms with E-state index in [1.54, 1.807) is 0 Å². The predicted molar refractivity (Wildman–Crippen MR) is 124 cm³/mol. The smallest absolute Gasteiger partial charge is 0.226 e. The summed E-state index contributed by atoms with van der Waals surface area (Å²) in [6.45, 7) is 12.2. The van der Waals surface area contributed by atoms with E-state index in [2.05, 4.69) is 35.0 Å². The van der Waals surface area contributed by atoms with Crippen LogP contribution in [0.5, 0.6) is 0 Å². The van der Waals surface area contributed by atoms with Crippen LogP contribution in [-0.2, 0) is 11.2 Å². The Labute approximate surface area is 186 Å². The lowest BCUT2D eigenvalue weighted by Gasteiger charge is -2.60. The van der Waals surface area contributed by atoms with Crippen molar-refractivity contribution in [3.05, 3.63) is 47.7 Å². The van der Waals surface area contributed by atoms with Gasteiger partial charge in [0.2, 0.25) is 5.91 Å². The van der Waals surface area contributed by atoms with Crippen molar-refractivity contribution in [3.63, 3.8) is 0 Å². The second-order valence-corrected chi connectivity index (χ2v) is 10.3. The standard InChI is InChI=1S/C24H38N5O2/c1-7-20(28-13-9-11-25-28)14-18(2)27-12-8-10-21(27)15-22(30)26-19-16-23(3,4)29(31)24(5,6)17-19/h8-13,18-20H,7,14-17H2,1-6H3,(H,26,30)/q-1. The van der Waals surface area contributed by atoms with E-state index in [4.69, 9.17) is 0 Å². The summed E-state index contributed by atoms with van der Waals surface area (Å²) in [7, 11) is 0. The highest BCUT2D eigenvalue weighted by atomic mass is 16.5. The molecule has 1 amide bonds. The Morgan fingerprint density at radius 3 is 2.48 bits per heavy atom. The van der Waals surface area contributed by atoms with Crippen LogP contribution in [0.2, 0.25) is 0 Å². The molecule has 0 spiro atoms. The Balaban J connectivity index is 1.62. The van der Waals surface area contributed by atoms with Gasteiger partial charge >= 0.3 is 0 Å². The molecule has 31 heavy (non-hydrogen) atoms. The summed E-state index contributed by atoms with van der Waals surface area (Å²) in [6, 6.07) is 6.59. The molecule has 2 aromatic heterocycles. The molecule has 7 nitrogen and oxygen atoms in total. The van der Waals surface area contributed by atoms with Crippen molar-refractivity contribution in [1.82, 2.24) is 24.7 Å². The van der Waals surface area contributed by atoms with Crippen molar-refractivity contribution < 1.29 is 4.79 Å². The van der Waals surface area contributed by atoms with Crippen LogP contribution in [0.3, 0.4) is 0 Å². The number of hydroxylamine groups is 2. The normalized spacial score (nSPS) is 21.0. The summed E-state index contributed by atoms with van der Waals surface area (Å²) < 4.78 is 4.23. The number of nitrogens with zero attached hydrogens (tertiary/aromatic N) is 4. The lowest BCUT2D eigenvalue weighted by molar-refractivity contribution is -0.122. The minimum Gasteiger partial charge on any atom is -0.784 e. The molecule has 172 valence electrons. The molecule has 0 saturated carbocycles. The summed E-state index contributed by atoms with van der Waals surface area (Å²) >= 11 is 0. The fourth-order valence-electron chi connectivity index (χ4n) is 5.28. The van der Waals surface area contributed by atoms with Crippen molar-refractivity contribution in [2.75, 3.05) is 0 Å². The van der Waals surface area contributed by atoms with Crippen LogP contribution in [0, 0.1) is 5.21 Å². The molecule has 3 rings (SSSR count). The molecule has 7 heteroatoms. The Morgan fingerprint density at radius 1 is 1.23 bits per heavy atom. The largest absolute Gasteiger partial charge is 0.784 e. The van der Waals surface area contributed by atoms with Gasteiger partial charge in [-0.25, -0.2) is 0 Å². The first-order valence-electron chi connectivity index (χ1n) is 11.4. The van der Waals surface area contributed by atoms with Crippen LogP contribution in [0.15, 0.2) is 36.8 Å². The van der Waals surface area contributed by atoms with Crippen LogP contribution >= 0.6 is 0 Å². The second kappa shape index (κ2) is 9.17.